The Morgan fingerprint density at radius 3 is 2.42 bits per heavy atom. The first-order chi connectivity index (χ1) is 12.9. The zero-order chi connectivity index (χ0) is 17.3. The van der Waals surface area contributed by atoms with E-state index in [1.165, 1.54) is 54.8 Å². The van der Waals surface area contributed by atoms with Gasteiger partial charge in [-0.25, -0.2) is 0 Å². The summed E-state index contributed by atoms with van der Waals surface area (Å²) in [5.41, 5.74) is 8.43. The lowest BCUT2D eigenvalue weighted by Crippen LogP contribution is -1.92. The molecule has 0 spiro atoms. The van der Waals surface area contributed by atoms with E-state index in [0.717, 1.165) is 13.0 Å². The summed E-state index contributed by atoms with van der Waals surface area (Å²) < 4.78 is 2.44. The minimum absolute atomic E-state index is 0.989. The third-order valence-corrected chi connectivity index (χ3v) is 6.00. The summed E-state index contributed by atoms with van der Waals surface area (Å²) in [5, 5.41) is 5.52. The monoisotopic (exact) mass is 333 g/mol. The number of nitrogens with zero attached hydrogens (tertiary/aromatic N) is 1. The maximum absolute atomic E-state index is 2.44. The largest absolute Gasteiger partial charge is 0.341 e. The Kier molecular flexibility index (Phi) is 2.71. The van der Waals surface area contributed by atoms with Crippen LogP contribution in [0.4, 0.5) is 0 Å². The van der Waals surface area contributed by atoms with Gasteiger partial charge in [-0.1, -0.05) is 60.7 Å². The highest BCUT2D eigenvalue weighted by Crippen LogP contribution is 2.44. The molecule has 0 aliphatic heterocycles. The quantitative estimate of drug-likeness (QED) is 0.322. The van der Waals surface area contributed by atoms with Gasteiger partial charge in [0.25, 0.3) is 0 Å². The third-order valence-electron chi connectivity index (χ3n) is 6.00. The maximum atomic E-state index is 2.44. The Bertz CT molecular complexity index is 1340. The van der Waals surface area contributed by atoms with Crippen molar-refractivity contribution >= 4 is 32.6 Å². The summed E-state index contributed by atoms with van der Waals surface area (Å²) in [6, 6.07) is 27.0. The van der Waals surface area contributed by atoms with Gasteiger partial charge in [0.05, 0.1) is 0 Å². The molecule has 5 aromatic rings. The summed E-state index contributed by atoms with van der Waals surface area (Å²) in [6.07, 6.45) is 1.05. The Morgan fingerprint density at radius 2 is 1.50 bits per heavy atom. The molecule has 0 amide bonds. The average Bonchev–Trinajstić information content (AvgIpc) is 3.23. The zero-order valence-corrected chi connectivity index (χ0v) is 14.8. The molecule has 6 rings (SSSR count). The highest BCUT2D eigenvalue weighted by Gasteiger charge is 2.22. The first kappa shape index (κ1) is 14.1. The fraction of sp³-hybridized carbons (Fsp3) is 0.120. The van der Waals surface area contributed by atoms with E-state index in [1.807, 2.05) is 0 Å². The van der Waals surface area contributed by atoms with Gasteiger partial charge < -0.3 is 4.57 Å². The number of aromatic nitrogens is 1. The maximum Gasteiger partial charge on any atom is 0.0497 e. The lowest BCUT2D eigenvalue weighted by molar-refractivity contribution is 0.827. The van der Waals surface area contributed by atoms with Crippen molar-refractivity contribution in [2.24, 2.45) is 0 Å². The molecule has 0 radical (unpaired) electrons. The number of para-hydroxylation sites is 1. The molecule has 1 heterocycles. The van der Waals surface area contributed by atoms with Crippen LogP contribution in [0.25, 0.3) is 43.7 Å². The molecule has 0 saturated carbocycles. The predicted molar refractivity (Wildman–Crippen MR) is 111 cm³/mol. The van der Waals surface area contributed by atoms with Crippen molar-refractivity contribution in [3.63, 3.8) is 0 Å². The highest BCUT2D eigenvalue weighted by molar-refractivity contribution is 6.23. The van der Waals surface area contributed by atoms with Gasteiger partial charge in [0.15, 0.2) is 0 Å². The van der Waals surface area contributed by atoms with Crippen molar-refractivity contribution in [1.29, 1.82) is 0 Å². The summed E-state index contributed by atoms with van der Waals surface area (Å²) in [5.74, 6) is 0. The van der Waals surface area contributed by atoms with Crippen LogP contribution in [0, 0.1) is 0 Å². The van der Waals surface area contributed by atoms with E-state index in [9.17, 15) is 0 Å². The third kappa shape index (κ3) is 1.65. The van der Waals surface area contributed by atoms with Crippen LogP contribution in [-0.4, -0.2) is 4.57 Å². The van der Waals surface area contributed by atoms with E-state index in [0.29, 0.717) is 0 Å². The first-order valence-electron chi connectivity index (χ1n) is 9.40. The summed E-state index contributed by atoms with van der Waals surface area (Å²) in [7, 11) is 0. The topological polar surface area (TPSA) is 4.93 Å². The second kappa shape index (κ2) is 4.98. The van der Waals surface area contributed by atoms with Crippen molar-refractivity contribution in [1.82, 2.24) is 4.57 Å². The Labute approximate surface area is 152 Å². The van der Waals surface area contributed by atoms with Crippen molar-refractivity contribution < 1.29 is 0 Å². The molecule has 1 aliphatic carbocycles. The normalized spacial score (nSPS) is 12.8. The van der Waals surface area contributed by atoms with Crippen molar-refractivity contribution in [3.8, 4) is 11.1 Å². The molecule has 0 N–H and O–H groups in total. The Morgan fingerprint density at radius 1 is 0.692 bits per heavy atom. The van der Waals surface area contributed by atoms with Gasteiger partial charge in [0, 0.05) is 28.4 Å². The molecule has 0 unspecified atom stereocenters. The van der Waals surface area contributed by atoms with E-state index in [2.05, 4.69) is 84.3 Å². The molecule has 26 heavy (non-hydrogen) atoms. The minimum atomic E-state index is 0.989. The second-order valence-electron chi connectivity index (χ2n) is 7.25. The fourth-order valence-electron chi connectivity index (χ4n) is 4.93. The van der Waals surface area contributed by atoms with Gasteiger partial charge in [0.2, 0.25) is 0 Å². The fourth-order valence-corrected chi connectivity index (χ4v) is 4.93. The Balaban J connectivity index is 1.83. The van der Waals surface area contributed by atoms with E-state index in [1.54, 1.807) is 0 Å². The molecule has 0 fully saturated rings. The lowest BCUT2D eigenvalue weighted by atomic mass is 9.95. The van der Waals surface area contributed by atoms with Gasteiger partial charge >= 0.3 is 0 Å². The van der Waals surface area contributed by atoms with Crippen molar-refractivity contribution in [2.45, 2.75) is 19.9 Å². The summed E-state index contributed by atoms with van der Waals surface area (Å²) >= 11 is 0. The van der Waals surface area contributed by atoms with Crippen LogP contribution < -0.4 is 0 Å². The molecule has 1 nitrogen and oxygen atoms in total. The van der Waals surface area contributed by atoms with Gasteiger partial charge in [0.1, 0.15) is 0 Å². The molecule has 0 saturated heterocycles. The molecule has 0 atom stereocenters. The van der Waals surface area contributed by atoms with Crippen molar-refractivity contribution in [3.05, 3.63) is 83.9 Å². The summed E-state index contributed by atoms with van der Waals surface area (Å²) in [4.78, 5) is 0. The number of rotatable bonds is 1. The van der Waals surface area contributed by atoms with Gasteiger partial charge in [-0.3, -0.25) is 0 Å². The molecule has 4 aromatic carbocycles. The number of benzene rings is 4. The van der Waals surface area contributed by atoms with E-state index >= 15 is 0 Å². The van der Waals surface area contributed by atoms with Crippen LogP contribution in [-0.2, 0) is 13.0 Å². The predicted octanol–water partition coefficient (Wildman–Crippen LogP) is 6.54. The summed E-state index contributed by atoms with van der Waals surface area (Å²) in [6.45, 7) is 3.22. The molecular weight excluding hydrogens is 314 g/mol. The van der Waals surface area contributed by atoms with Gasteiger partial charge in [-0.2, -0.15) is 0 Å². The molecule has 1 aliphatic rings. The van der Waals surface area contributed by atoms with E-state index < -0.39 is 0 Å². The van der Waals surface area contributed by atoms with Gasteiger partial charge in [-0.05, 0) is 58.5 Å². The molecule has 0 bridgehead atoms. The molecule has 1 aromatic heterocycles. The molecular formula is C25H19N. The smallest absolute Gasteiger partial charge is 0.0497 e. The number of fused-ring (bicyclic) bond motifs is 9. The average molecular weight is 333 g/mol. The number of aryl methyl sites for hydroxylation is 1. The number of hydrogen-bond acceptors (Lipinski definition) is 0. The standard InChI is InChI=1S/C25H19N/c1-2-26-22-10-6-5-9-21(22)25-20-12-11-17-15-16-7-3-4-8-18(16)24(17)19(20)13-14-23(25)26/h3-14H,2,15H2,1H3. The van der Waals surface area contributed by atoms with Crippen molar-refractivity contribution in [2.75, 3.05) is 0 Å². The second-order valence-corrected chi connectivity index (χ2v) is 7.25. The van der Waals surface area contributed by atoms with Crippen LogP contribution >= 0.6 is 0 Å². The zero-order valence-electron chi connectivity index (χ0n) is 14.8. The molecule has 1 heteroatoms. The minimum Gasteiger partial charge on any atom is -0.341 e. The SMILES string of the molecule is CCn1c2ccccc2c2c3ccc4c(c3ccc21)-c1ccccc1C4. The lowest BCUT2D eigenvalue weighted by Gasteiger charge is -2.09. The van der Waals surface area contributed by atoms with E-state index in [-0.39, 0.29) is 0 Å². The van der Waals surface area contributed by atoms with Crippen LogP contribution in [0.3, 0.4) is 0 Å². The van der Waals surface area contributed by atoms with Crippen LogP contribution in [0.2, 0.25) is 0 Å². The molecule has 124 valence electrons. The highest BCUT2D eigenvalue weighted by atomic mass is 15.0. The Hall–Kier alpha value is -3.06. The van der Waals surface area contributed by atoms with Crippen LogP contribution in [0.1, 0.15) is 18.1 Å². The first-order valence-corrected chi connectivity index (χ1v) is 9.40. The number of hydrogen-bond donors (Lipinski definition) is 0. The van der Waals surface area contributed by atoms with Crippen LogP contribution in [0.5, 0.6) is 0 Å². The van der Waals surface area contributed by atoms with Gasteiger partial charge in [-0.15, -0.1) is 0 Å². The van der Waals surface area contributed by atoms with E-state index in [4.69, 9.17) is 0 Å². The van der Waals surface area contributed by atoms with Crippen LogP contribution in [0.15, 0.2) is 72.8 Å².